The molecule has 0 aromatic rings. The first kappa shape index (κ1) is 13.2. The van der Waals surface area contributed by atoms with E-state index in [1.165, 1.54) is 0 Å². The van der Waals surface area contributed by atoms with Gasteiger partial charge in [0.25, 0.3) is 0 Å². The van der Waals surface area contributed by atoms with Gasteiger partial charge in [0.2, 0.25) is 0 Å². The van der Waals surface area contributed by atoms with Crippen molar-refractivity contribution in [3.05, 3.63) is 0 Å². The Bertz CT molecular complexity index is 153. The molecule has 5 N–H and O–H groups in total. The quantitative estimate of drug-likeness (QED) is 0.416. The average Bonchev–Trinajstić information content (AvgIpc) is 2.13. The molecule has 5 heteroatoms. The topological polar surface area (TPSA) is 90.4 Å². The molecular formula is C9H21N3O2. The van der Waals surface area contributed by atoms with Crippen molar-refractivity contribution in [3.63, 3.8) is 0 Å². The Morgan fingerprint density at radius 3 is 2.71 bits per heavy atom. The number of unbranched alkanes of at least 4 members (excludes halogenated alkanes) is 2. The number of rotatable bonds is 7. The van der Waals surface area contributed by atoms with Gasteiger partial charge in [-0.3, -0.25) is 0 Å². The Morgan fingerprint density at radius 1 is 1.43 bits per heavy atom. The molecule has 14 heavy (non-hydrogen) atoms. The fourth-order valence-electron chi connectivity index (χ4n) is 1.08. The lowest BCUT2D eigenvalue weighted by Gasteiger charge is -2.12. The zero-order valence-corrected chi connectivity index (χ0v) is 8.79. The maximum atomic E-state index is 10.9. The summed E-state index contributed by atoms with van der Waals surface area (Å²) < 4.78 is 4.69. The minimum atomic E-state index is -0.446. The molecule has 0 rings (SSSR count). The lowest BCUT2D eigenvalue weighted by molar-refractivity contribution is 0.147. The lowest BCUT2D eigenvalue weighted by Crippen LogP contribution is -2.41. The van der Waals surface area contributed by atoms with Crippen molar-refractivity contribution in [1.29, 1.82) is 0 Å². The summed E-state index contributed by atoms with van der Waals surface area (Å²) in [6, 6.07) is 0. The van der Waals surface area contributed by atoms with Crippen LogP contribution in [-0.2, 0) is 4.74 Å². The predicted octanol–water partition coefficient (Wildman–Crippen LogP) is 0.536. The predicted molar refractivity (Wildman–Crippen MR) is 55.7 cm³/mol. The molecule has 1 unspecified atom stereocenters. The summed E-state index contributed by atoms with van der Waals surface area (Å²) in [6.45, 7) is 2.83. The van der Waals surface area contributed by atoms with Gasteiger partial charge in [-0.05, 0) is 26.3 Å². The van der Waals surface area contributed by atoms with E-state index in [0.717, 1.165) is 25.7 Å². The molecule has 0 fully saturated rings. The van der Waals surface area contributed by atoms with E-state index in [4.69, 9.17) is 11.5 Å². The van der Waals surface area contributed by atoms with Gasteiger partial charge in [0.1, 0.15) is 0 Å². The van der Waals surface area contributed by atoms with Crippen LogP contribution in [-0.4, -0.2) is 25.4 Å². The molecule has 0 saturated carbocycles. The highest BCUT2D eigenvalue weighted by atomic mass is 16.5. The summed E-state index contributed by atoms with van der Waals surface area (Å²) in [5.74, 6) is 0. The third kappa shape index (κ3) is 7.82. The number of nitrogens with two attached hydrogens (primary N) is 2. The first-order valence-electron chi connectivity index (χ1n) is 5.09. The van der Waals surface area contributed by atoms with Crippen molar-refractivity contribution in [1.82, 2.24) is 5.32 Å². The van der Waals surface area contributed by atoms with Gasteiger partial charge in [-0.15, -0.1) is 0 Å². The second-order valence-electron chi connectivity index (χ2n) is 3.11. The zero-order valence-electron chi connectivity index (χ0n) is 8.79. The van der Waals surface area contributed by atoms with Crippen LogP contribution in [0.4, 0.5) is 4.79 Å². The van der Waals surface area contributed by atoms with Crippen molar-refractivity contribution in [2.24, 2.45) is 11.5 Å². The molecule has 5 nitrogen and oxygen atoms in total. The van der Waals surface area contributed by atoms with E-state index < -0.39 is 6.09 Å². The Balaban J connectivity index is 3.35. The molecule has 1 amide bonds. The molecule has 0 aliphatic heterocycles. The van der Waals surface area contributed by atoms with Crippen LogP contribution in [0.5, 0.6) is 0 Å². The van der Waals surface area contributed by atoms with Crippen LogP contribution in [0.25, 0.3) is 0 Å². The summed E-state index contributed by atoms with van der Waals surface area (Å²) in [7, 11) is 0. The van der Waals surface area contributed by atoms with E-state index in [0.29, 0.717) is 13.2 Å². The van der Waals surface area contributed by atoms with Gasteiger partial charge >= 0.3 is 6.09 Å². The van der Waals surface area contributed by atoms with Crippen molar-refractivity contribution in [2.45, 2.75) is 38.8 Å². The molecular weight excluding hydrogens is 182 g/mol. The molecule has 0 heterocycles. The fourth-order valence-corrected chi connectivity index (χ4v) is 1.08. The molecule has 0 aliphatic carbocycles. The lowest BCUT2D eigenvalue weighted by atomic mass is 10.1. The largest absolute Gasteiger partial charge is 0.450 e. The number of ether oxygens (including phenoxy) is 1. The second kappa shape index (κ2) is 8.77. The summed E-state index contributed by atoms with van der Waals surface area (Å²) in [4.78, 5) is 10.9. The monoisotopic (exact) mass is 203 g/mol. The summed E-state index contributed by atoms with van der Waals surface area (Å²) in [5.41, 5.74) is 11.0. The molecule has 0 bridgehead atoms. The first-order chi connectivity index (χ1) is 6.70. The fraction of sp³-hybridized carbons (Fsp3) is 0.889. The molecule has 0 spiro atoms. The van der Waals surface area contributed by atoms with Gasteiger partial charge in [0, 0.05) is 0 Å². The highest BCUT2D eigenvalue weighted by Crippen LogP contribution is 1.99. The highest BCUT2D eigenvalue weighted by Gasteiger charge is 2.06. The standard InChI is InChI=1S/C9H21N3O2/c1-2-14-9(13)12-8(11)6-4-3-5-7-10/h8H,2-7,10-11H2,1H3,(H,12,13). The van der Waals surface area contributed by atoms with Crippen molar-refractivity contribution < 1.29 is 9.53 Å². The molecule has 0 radical (unpaired) electrons. The molecule has 84 valence electrons. The van der Waals surface area contributed by atoms with Crippen molar-refractivity contribution in [2.75, 3.05) is 13.2 Å². The zero-order chi connectivity index (χ0) is 10.8. The molecule has 0 aromatic heterocycles. The maximum Gasteiger partial charge on any atom is 0.408 e. The van der Waals surface area contributed by atoms with E-state index in [-0.39, 0.29) is 6.17 Å². The Hall–Kier alpha value is -0.810. The number of carbonyl (C=O) groups excluding carboxylic acids is 1. The minimum Gasteiger partial charge on any atom is -0.450 e. The number of carbonyl (C=O) groups is 1. The molecule has 0 aromatic carbocycles. The Morgan fingerprint density at radius 2 is 2.14 bits per heavy atom. The van der Waals surface area contributed by atoms with Crippen LogP contribution in [0.15, 0.2) is 0 Å². The number of hydrogen-bond donors (Lipinski definition) is 3. The van der Waals surface area contributed by atoms with Crippen LogP contribution >= 0.6 is 0 Å². The molecule has 0 aliphatic rings. The third-order valence-corrected chi connectivity index (χ3v) is 1.80. The van der Waals surface area contributed by atoms with Gasteiger partial charge in [-0.25, -0.2) is 4.79 Å². The normalized spacial score (nSPS) is 12.2. The van der Waals surface area contributed by atoms with Crippen LogP contribution in [0.1, 0.15) is 32.6 Å². The molecule has 1 atom stereocenters. The van der Waals surface area contributed by atoms with Crippen molar-refractivity contribution in [3.8, 4) is 0 Å². The smallest absolute Gasteiger partial charge is 0.408 e. The number of alkyl carbamates (subject to hydrolysis) is 1. The van der Waals surface area contributed by atoms with Gasteiger partial charge in [0.15, 0.2) is 0 Å². The van der Waals surface area contributed by atoms with Crippen LogP contribution in [0, 0.1) is 0 Å². The van der Waals surface area contributed by atoms with Gasteiger partial charge in [-0.1, -0.05) is 12.8 Å². The van der Waals surface area contributed by atoms with Crippen LogP contribution in [0.2, 0.25) is 0 Å². The summed E-state index contributed by atoms with van der Waals surface area (Å²) >= 11 is 0. The van der Waals surface area contributed by atoms with Gasteiger partial charge in [-0.2, -0.15) is 0 Å². The number of amides is 1. The van der Waals surface area contributed by atoms with Crippen LogP contribution < -0.4 is 16.8 Å². The average molecular weight is 203 g/mol. The van der Waals surface area contributed by atoms with E-state index >= 15 is 0 Å². The van der Waals surface area contributed by atoms with Gasteiger partial charge in [0.05, 0.1) is 12.8 Å². The van der Waals surface area contributed by atoms with E-state index in [1.807, 2.05) is 0 Å². The number of hydrogen-bond acceptors (Lipinski definition) is 4. The Kier molecular flexibility index (Phi) is 8.27. The Labute approximate surface area is 85.2 Å². The molecule has 0 saturated heterocycles. The first-order valence-corrected chi connectivity index (χ1v) is 5.09. The van der Waals surface area contributed by atoms with E-state index in [1.54, 1.807) is 6.92 Å². The number of nitrogens with one attached hydrogen (secondary N) is 1. The second-order valence-corrected chi connectivity index (χ2v) is 3.11. The highest BCUT2D eigenvalue weighted by molar-refractivity contribution is 5.67. The minimum absolute atomic E-state index is 0.313. The third-order valence-electron chi connectivity index (χ3n) is 1.80. The van der Waals surface area contributed by atoms with E-state index in [2.05, 4.69) is 10.1 Å². The SMILES string of the molecule is CCOC(=O)NC(N)CCCCCN. The van der Waals surface area contributed by atoms with Gasteiger partial charge < -0.3 is 21.5 Å². The van der Waals surface area contributed by atoms with Crippen LogP contribution in [0.3, 0.4) is 0 Å². The maximum absolute atomic E-state index is 10.9. The van der Waals surface area contributed by atoms with Crippen molar-refractivity contribution >= 4 is 6.09 Å². The van der Waals surface area contributed by atoms with E-state index in [9.17, 15) is 4.79 Å². The summed E-state index contributed by atoms with van der Waals surface area (Å²) in [5, 5.41) is 2.54. The summed E-state index contributed by atoms with van der Waals surface area (Å²) in [6.07, 6.45) is 3.04.